The highest BCUT2D eigenvalue weighted by molar-refractivity contribution is 7.09. The van der Waals surface area contributed by atoms with E-state index in [9.17, 15) is 0 Å². The van der Waals surface area contributed by atoms with E-state index in [-0.39, 0.29) is 0 Å². The van der Waals surface area contributed by atoms with Gasteiger partial charge in [0.05, 0.1) is 0 Å². The van der Waals surface area contributed by atoms with Gasteiger partial charge in [0.15, 0.2) is 5.96 Å². The van der Waals surface area contributed by atoms with Crippen molar-refractivity contribution in [3.8, 4) is 0 Å². The van der Waals surface area contributed by atoms with Gasteiger partial charge >= 0.3 is 0 Å². The molecule has 2 N–H and O–H groups in total. The summed E-state index contributed by atoms with van der Waals surface area (Å²) in [6.45, 7) is 8.42. The summed E-state index contributed by atoms with van der Waals surface area (Å²) in [7, 11) is 0. The van der Waals surface area contributed by atoms with Crippen molar-refractivity contribution in [2.45, 2.75) is 33.1 Å². The molecule has 0 unspecified atom stereocenters. The number of nitrogens with one attached hydrogen (secondary N) is 2. The number of aliphatic imine (C=N–C) groups is 1. The second kappa shape index (κ2) is 11.7. The quantitative estimate of drug-likeness (QED) is 0.396. The molecule has 114 valence electrons. The van der Waals surface area contributed by atoms with Gasteiger partial charge in [-0.05, 0) is 44.6 Å². The smallest absolute Gasteiger partial charge is 0.191 e. The Morgan fingerprint density at radius 3 is 2.90 bits per heavy atom. The summed E-state index contributed by atoms with van der Waals surface area (Å²) in [5.74, 6) is 0.917. The van der Waals surface area contributed by atoms with Gasteiger partial charge in [-0.2, -0.15) is 0 Å². The van der Waals surface area contributed by atoms with Gasteiger partial charge in [-0.25, -0.2) is 0 Å². The first-order chi connectivity index (χ1) is 9.86. The monoisotopic (exact) mass is 297 g/mol. The molecule has 0 saturated carbocycles. The van der Waals surface area contributed by atoms with Crippen LogP contribution in [0.3, 0.4) is 0 Å². The lowest BCUT2D eigenvalue weighted by Crippen LogP contribution is -2.38. The lowest BCUT2D eigenvalue weighted by atomic mass is 10.3. The predicted octanol–water partition coefficient (Wildman–Crippen LogP) is 2.66. The molecule has 0 saturated heterocycles. The second-order valence-corrected chi connectivity index (χ2v) is 5.45. The van der Waals surface area contributed by atoms with Crippen LogP contribution in [0.25, 0.3) is 0 Å². The minimum Gasteiger partial charge on any atom is -0.382 e. The van der Waals surface area contributed by atoms with E-state index in [1.54, 1.807) is 11.3 Å². The largest absolute Gasteiger partial charge is 0.382 e. The number of nitrogens with zero attached hydrogens (tertiary/aromatic N) is 1. The number of guanidine groups is 1. The number of hydrogen-bond acceptors (Lipinski definition) is 3. The van der Waals surface area contributed by atoms with E-state index in [0.717, 1.165) is 58.1 Å². The van der Waals surface area contributed by atoms with Crippen molar-refractivity contribution in [3.63, 3.8) is 0 Å². The van der Waals surface area contributed by atoms with Crippen LogP contribution < -0.4 is 10.6 Å². The van der Waals surface area contributed by atoms with Crippen LogP contribution in [0.4, 0.5) is 0 Å². The Morgan fingerprint density at radius 1 is 1.30 bits per heavy atom. The molecular formula is C15H27N3OS. The van der Waals surface area contributed by atoms with Crippen LogP contribution in [0.5, 0.6) is 0 Å². The van der Waals surface area contributed by atoms with E-state index in [1.807, 2.05) is 6.92 Å². The normalized spacial score (nSPS) is 11.6. The highest BCUT2D eigenvalue weighted by Gasteiger charge is 1.98. The maximum atomic E-state index is 5.32. The summed E-state index contributed by atoms with van der Waals surface area (Å²) in [5, 5.41) is 8.77. The molecule has 0 aliphatic carbocycles. The van der Waals surface area contributed by atoms with E-state index in [1.165, 1.54) is 4.88 Å². The third kappa shape index (κ3) is 8.17. The average Bonchev–Trinajstić information content (AvgIpc) is 2.96. The molecule has 0 bridgehead atoms. The molecule has 0 aromatic carbocycles. The fourth-order valence-corrected chi connectivity index (χ4v) is 2.46. The Labute approximate surface area is 126 Å². The first-order valence-electron chi connectivity index (χ1n) is 7.49. The maximum absolute atomic E-state index is 5.32. The van der Waals surface area contributed by atoms with E-state index >= 15 is 0 Å². The average molecular weight is 297 g/mol. The second-order valence-electron chi connectivity index (χ2n) is 4.42. The molecule has 5 heteroatoms. The highest BCUT2D eigenvalue weighted by atomic mass is 32.1. The van der Waals surface area contributed by atoms with Gasteiger partial charge in [-0.15, -0.1) is 11.3 Å². The van der Waals surface area contributed by atoms with Crippen molar-refractivity contribution in [2.75, 3.05) is 32.8 Å². The number of rotatable bonds is 10. The maximum Gasteiger partial charge on any atom is 0.191 e. The lowest BCUT2D eigenvalue weighted by Gasteiger charge is -2.10. The molecule has 0 radical (unpaired) electrons. The minimum absolute atomic E-state index is 0.802. The van der Waals surface area contributed by atoms with Crippen molar-refractivity contribution < 1.29 is 4.74 Å². The first-order valence-corrected chi connectivity index (χ1v) is 8.37. The third-order valence-corrected chi connectivity index (χ3v) is 3.70. The van der Waals surface area contributed by atoms with E-state index < -0.39 is 0 Å². The van der Waals surface area contributed by atoms with Crippen LogP contribution in [-0.4, -0.2) is 38.8 Å². The number of hydrogen-bond donors (Lipinski definition) is 2. The van der Waals surface area contributed by atoms with Gasteiger partial charge in [0.2, 0.25) is 0 Å². The molecule has 0 aliphatic heterocycles. The predicted molar refractivity (Wildman–Crippen MR) is 87.7 cm³/mol. The molecule has 1 aromatic rings. The molecule has 0 spiro atoms. The van der Waals surface area contributed by atoms with Gasteiger partial charge < -0.3 is 15.4 Å². The summed E-state index contributed by atoms with van der Waals surface area (Å²) in [5.41, 5.74) is 0. The summed E-state index contributed by atoms with van der Waals surface area (Å²) >= 11 is 1.80. The molecule has 4 nitrogen and oxygen atoms in total. The number of unbranched alkanes of at least 4 members (excludes halogenated alkanes) is 1. The van der Waals surface area contributed by atoms with Crippen LogP contribution in [-0.2, 0) is 11.2 Å². The van der Waals surface area contributed by atoms with Gasteiger partial charge in [0, 0.05) is 37.7 Å². The first kappa shape index (κ1) is 17.0. The summed E-state index contributed by atoms with van der Waals surface area (Å²) < 4.78 is 5.32. The fraction of sp³-hybridized carbons (Fsp3) is 0.667. The van der Waals surface area contributed by atoms with Crippen LogP contribution in [0, 0.1) is 0 Å². The highest BCUT2D eigenvalue weighted by Crippen LogP contribution is 2.07. The molecule has 0 fully saturated rings. The third-order valence-electron chi connectivity index (χ3n) is 2.76. The molecule has 1 heterocycles. The zero-order valence-electron chi connectivity index (χ0n) is 12.7. The molecular weight excluding hydrogens is 270 g/mol. The van der Waals surface area contributed by atoms with Crippen LogP contribution in [0.2, 0.25) is 0 Å². The Bertz CT molecular complexity index is 352. The van der Waals surface area contributed by atoms with Crippen molar-refractivity contribution in [1.29, 1.82) is 0 Å². The Hall–Kier alpha value is -1.07. The van der Waals surface area contributed by atoms with E-state index in [0.29, 0.717) is 0 Å². The van der Waals surface area contributed by atoms with Gasteiger partial charge in [0.1, 0.15) is 0 Å². The molecule has 0 aliphatic rings. The van der Waals surface area contributed by atoms with Crippen molar-refractivity contribution in [1.82, 2.24) is 10.6 Å². The van der Waals surface area contributed by atoms with Crippen LogP contribution >= 0.6 is 11.3 Å². The summed E-state index contributed by atoms with van der Waals surface area (Å²) in [6.07, 6.45) is 3.19. The van der Waals surface area contributed by atoms with Gasteiger partial charge in [0.25, 0.3) is 0 Å². The van der Waals surface area contributed by atoms with E-state index in [4.69, 9.17) is 4.74 Å². The van der Waals surface area contributed by atoms with Crippen molar-refractivity contribution in [3.05, 3.63) is 22.4 Å². The minimum atomic E-state index is 0.802. The molecule has 0 atom stereocenters. The summed E-state index contributed by atoms with van der Waals surface area (Å²) in [6, 6.07) is 4.27. The van der Waals surface area contributed by atoms with Crippen LogP contribution in [0.1, 0.15) is 31.6 Å². The standard InChI is InChI=1S/C15H27N3OS/c1-3-16-15(17-10-5-6-12-19-4-2)18-11-9-14-8-7-13-20-14/h7-8,13H,3-6,9-12H2,1-2H3,(H2,16,17,18). The van der Waals surface area contributed by atoms with Crippen molar-refractivity contribution >= 4 is 17.3 Å². The zero-order valence-corrected chi connectivity index (χ0v) is 13.5. The topological polar surface area (TPSA) is 45.7 Å². The summed E-state index contributed by atoms with van der Waals surface area (Å²) in [4.78, 5) is 5.98. The lowest BCUT2D eigenvalue weighted by molar-refractivity contribution is 0.144. The Morgan fingerprint density at radius 2 is 2.20 bits per heavy atom. The van der Waals surface area contributed by atoms with E-state index in [2.05, 4.69) is 40.1 Å². The fourth-order valence-electron chi connectivity index (χ4n) is 1.75. The van der Waals surface area contributed by atoms with Gasteiger partial charge in [-0.3, -0.25) is 4.99 Å². The zero-order chi connectivity index (χ0) is 14.5. The molecule has 1 aromatic heterocycles. The molecule has 20 heavy (non-hydrogen) atoms. The Balaban J connectivity index is 2.17. The van der Waals surface area contributed by atoms with Gasteiger partial charge in [-0.1, -0.05) is 6.07 Å². The SMILES string of the molecule is CCNC(=NCCCCOCC)NCCc1cccs1. The number of ether oxygens (including phenoxy) is 1. The Kier molecular flexibility index (Phi) is 9.96. The molecule has 0 amide bonds. The number of thiophene rings is 1. The molecule has 1 rings (SSSR count). The van der Waals surface area contributed by atoms with Crippen LogP contribution in [0.15, 0.2) is 22.5 Å². The van der Waals surface area contributed by atoms with Crippen molar-refractivity contribution in [2.24, 2.45) is 4.99 Å².